The number of halogens is 2. The highest BCUT2D eigenvalue weighted by atomic mass is 19.1. The van der Waals surface area contributed by atoms with Gasteiger partial charge in [0.15, 0.2) is 11.6 Å². The van der Waals surface area contributed by atoms with Crippen molar-refractivity contribution in [3.05, 3.63) is 107 Å². The van der Waals surface area contributed by atoms with Gasteiger partial charge in [-0.05, 0) is 73.2 Å². The molecule has 0 aliphatic heterocycles. The van der Waals surface area contributed by atoms with Crippen molar-refractivity contribution < 1.29 is 18.3 Å². The van der Waals surface area contributed by atoms with Crippen molar-refractivity contribution in [3.63, 3.8) is 0 Å². The summed E-state index contributed by atoms with van der Waals surface area (Å²) in [4.78, 5) is 15.4. The maximum atomic E-state index is 14.7. The third-order valence-electron chi connectivity index (χ3n) is 6.46. The predicted molar refractivity (Wildman–Crippen MR) is 138 cm³/mol. The summed E-state index contributed by atoms with van der Waals surface area (Å²) in [7, 11) is 0. The highest BCUT2D eigenvalue weighted by molar-refractivity contribution is 5.94. The first kappa shape index (κ1) is 24.7. The Bertz CT molecular complexity index is 1380. The zero-order chi connectivity index (χ0) is 25.9. The molecule has 0 saturated heterocycles. The van der Waals surface area contributed by atoms with E-state index in [0.717, 1.165) is 29.8 Å². The summed E-state index contributed by atoms with van der Waals surface area (Å²) < 4.78 is 36.1. The minimum Gasteiger partial charge on any atom is -0.435 e. The van der Waals surface area contributed by atoms with Crippen LogP contribution in [0.3, 0.4) is 0 Å². The van der Waals surface area contributed by atoms with Gasteiger partial charge in [-0.15, -0.1) is 0 Å². The van der Waals surface area contributed by atoms with Crippen LogP contribution in [0.5, 0.6) is 11.6 Å². The first-order valence-corrected chi connectivity index (χ1v) is 12.5. The molecule has 1 fully saturated rings. The molecule has 3 aromatic carbocycles. The van der Waals surface area contributed by atoms with Gasteiger partial charge < -0.3 is 9.64 Å². The average molecular weight is 502 g/mol. The lowest BCUT2D eigenvalue weighted by molar-refractivity contribution is 0.0733. The fourth-order valence-corrected chi connectivity index (χ4v) is 4.34. The number of carbonyl (C=O) groups excluding carboxylic acids is 1. The first-order valence-electron chi connectivity index (χ1n) is 12.5. The number of ether oxygens (including phenoxy) is 1. The van der Waals surface area contributed by atoms with E-state index < -0.39 is 11.6 Å². The molecule has 1 heterocycles. The Labute approximate surface area is 215 Å². The fraction of sp³-hybridized carbons (Fsp3) is 0.267. The summed E-state index contributed by atoms with van der Waals surface area (Å²) in [6, 6.07) is 21.3. The minimum atomic E-state index is -0.488. The van der Waals surface area contributed by atoms with Gasteiger partial charge >= 0.3 is 0 Å². The highest BCUT2D eigenvalue weighted by Gasteiger charge is 2.31. The van der Waals surface area contributed by atoms with Crippen LogP contribution in [0.25, 0.3) is 5.69 Å². The van der Waals surface area contributed by atoms with Crippen molar-refractivity contribution in [2.45, 2.75) is 39.2 Å². The van der Waals surface area contributed by atoms with Gasteiger partial charge in [0, 0.05) is 12.1 Å². The van der Waals surface area contributed by atoms with Crippen LogP contribution in [0.15, 0.2) is 78.9 Å². The van der Waals surface area contributed by atoms with E-state index in [-0.39, 0.29) is 24.1 Å². The second kappa shape index (κ2) is 10.5. The molecule has 0 N–H and O–H groups in total. The second-order valence-electron chi connectivity index (χ2n) is 9.74. The molecule has 0 bridgehead atoms. The van der Waals surface area contributed by atoms with Crippen molar-refractivity contribution in [1.82, 2.24) is 14.7 Å². The normalized spacial score (nSPS) is 13.1. The SMILES string of the molecule is CC(C)c1nn(-c2ccccc2)c(Oc2ccccc2F)c1CN(CC1CC1)C(=O)c1ccc(F)cc1. The van der Waals surface area contributed by atoms with Crippen LogP contribution in [0.4, 0.5) is 8.78 Å². The molecule has 190 valence electrons. The maximum absolute atomic E-state index is 14.7. The third kappa shape index (κ3) is 5.56. The summed E-state index contributed by atoms with van der Waals surface area (Å²) in [5.74, 6) is -0.179. The smallest absolute Gasteiger partial charge is 0.254 e. The van der Waals surface area contributed by atoms with E-state index in [1.54, 1.807) is 27.8 Å². The van der Waals surface area contributed by atoms with Crippen molar-refractivity contribution in [3.8, 4) is 17.3 Å². The van der Waals surface area contributed by atoms with Crippen LogP contribution in [-0.4, -0.2) is 27.1 Å². The van der Waals surface area contributed by atoms with Crippen LogP contribution >= 0.6 is 0 Å². The van der Waals surface area contributed by atoms with Gasteiger partial charge in [-0.25, -0.2) is 13.5 Å². The summed E-state index contributed by atoms with van der Waals surface area (Å²) in [6.45, 7) is 4.86. The summed E-state index contributed by atoms with van der Waals surface area (Å²) >= 11 is 0. The van der Waals surface area contributed by atoms with E-state index in [1.165, 1.54) is 30.3 Å². The lowest BCUT2D eigenvalue weighted by atomic mass is 10.0. The molecule has 37 heavy (non-hydrogen) atoms. The lowest BCUT2D eigenvalue weighted by Gasteiger charge is -2.24. The van der Waals surface area contributed by atoms with Gasteiger partial charge in [-0.2, -0.15) is 5.10 Å². The van der Waals surface area contributed by atoms with Gasteiger partial charge in [0.05, 0.1) is 23.5 Å². The number of rotatable bonds is 9. The number of benzene rings is 3. The van der Waals surface area contributed by atoms with E-state index in [4.69, 9.17) is 9.84 Å². The largest absolute Gasteiger partial charge is 0.435 e. The van der Waals surface area contributed by atoms with Gasteiger partial charge in [0.1, 0.15) is 5.82 Å². The molecule has 0 spiro atoms. The number of carbonyl (C=O) groups is 1. The Morgan fingerprint density at radius 3 is 2.32 bits per heavy atom. The Hall–Kier alpha value is -4.00. The molecule has 0 unspecified atom stereocenters. The van der Waals surface area contributed by atoms with Crippen molar-refractivity contribution in [2.75, 3.05) is 6.54 Å². The Morgan fingerprint density at radius 2 is 1.68 bits per heavy atom. The zero-order valence-corrected chi connectivity index (χ0v) is 20.9. The monoisotopic (exact) mass is 501 g/mol. The van der Waals surface area contributed by atoms with Crippen molar-refractivity contribution >= 4 is 5.91 Å². The first-order chi connectivity index (χ1) is 17.9. The number of aromatic nitrogens is 2. The van der Waals surface area contributed by atoms with Gasteiger partial charge in [-0.3, -0.25) is 4.79 Å². The van der Waals surface area contributed by atoms with Gasteiger partial charge in [-0.1, -0.05) is 44.2 Å². The van der Waals surface area contributed by atoms with Crippen LogP contribution in [-0.2, 0) is 6.54 Å². The molecule has 0 radical (unpaired) electrons. The number of hydrogen-bond acceptors (Lipinski definition) is 3. The van der Waals surface area contributed by atoms with E-state index in [1.807, 2.05) is 44.2 Å². The van der Waals surface area contributed by atoms with Gasteiger partial charge in [0.2, 0.25) is 5.88 Å². The summed E-state index contributed by atoms with van der Waals surface area (Å²) in [5.41, 5.74) is 2.67. The summed E-state index contributed by atoms with van der Waals surface area (Å²) in [5, 5.41) is 4.88. The fourth-order valence-electron chi connectivity index (χ4n) is 4.34. The van der Waals surface area contributed by atoms with Crippen LogP contribution in [0, 0.1) is 17.6 Å². The quantitative estimate of drug-likeness (QED) is 0.245. The molecule has 4 aromatic rings. The third-order valence-corrected chi connectivity index (χ3v) is 6.46. The molecule has 1 aliphatic carbocycles. The van der Waals surface area contributed by atoms with E-state index in [0.29, 0.717) is 23.9 Å². The predicted octanol–water partition coefficient (Wildman–Crippen LogP) is 7.12. The Kier molecular flexibility index (Phi) is 7.04. The molecule has 5 nitrogen and oxygen atoms in total. The number of para-hydroxylation sites is 2. The Balaban J connectivity index is 1.61. The average Bonchev–Trinajstić information content (AvgIpc) is 3.65. The standard InChI is InChI=1S/C30H29F2N3O2/c1-20(2)28-25(19-34(18-21-12-13-21)29(36)22-14-16-23(31)17-15-22)30(37-27-11-7-6-10-26(27)32)35(33-28)24-8-4-3-5-9-24/h3-11,14-17,20-21H,12-13,18-19H2,1-2H3. The van der Waals surface area contributed by atoms with Gasteiger partial charge in [0.25, 0.3) is 5.91 Å². The molecule has 1 amide bonds. The Morgan fingerprint density at radius 1 is 1.00 bits per heavy atom. The highest BCUT2D eigenvalue weighted by Crippen LogP contribution is 2.37. The summed E-state index contributed by atoms with van der Waals surface area (Å²) in [6.07, 6.45) is 2.12. The van der Waals surface area contributed by atoms with Crippen molar-refractivity contribution in [2.24, 2.45) is 5.92 Å². The lowest BCUT2D eigenvalue weighted by Crippen LogP contribution is -2.33. The maximum Gasteiger partial charge on any atom is 0.254 e. The molecular weight excluding hydrogens is 472 g/mol. The number of hydrogen-bond donors (Lipinski definition) is 0. The van der Waals surface area contributed by atoms with E-state index >= 15 is 0 Å². The van der Waals surface area contributed by atoms with Crippen LogP contribution in [0.2, 0.25) is 0 Å². The number of amides is 1. The second-order valence-corrected chi connectivity index (χ2v) is 9.74. The molecule has 1 aromatic heterocycles. The van der Waals surface area contributed by atoms with E-state index in [2.05, 4.69) is 0 Å². The van der Waals surface area contributed by atoms with Crippen LogP contribution < -0.4 is 4.74 Å². The van der Waals surface area contributed by atoms with Crippen molar-refractivity contribution in [1.29, 1.82) is 0 Å². The molecule has 1 saturated carbocycles. The zero-order valence-electron chi connectivity index (χ0n) is 20.9. The molecule has 5 rings (SSSR count). The molecular formula is C30H29F2N3O2. The molecule has 7 heteroatoms. The molecule has 0 atom stereocenters. The molecule has 1 aliphatic rings. The van der Waals surface area contributed by atoms with Crippen LogP contribution in [0.1, 0.15) is 54.2 Å². The topological polar surface area (TPSA) is 47.4 Å². The number of nitrogens with zero attached hydrogens (tertiary/aromatic N) is 3. The van der Waals surface area contributed by atoms with E-state index in [9.17, 15) is 13.6 Å². The minimum absolute atomic E-state index is 0.0200.